The number of carbonyl (C=O) groups is 1. The lowest BCUT2D eigenvalue weighted by Gasteiger charge is -1.96. The Balaban J connectivity index is 2.73. The number of aliphatic carboxylic acids is 1. The summed E-state index contributed by atoms with van der Waals surface area (Å²) < 4.78 is 0.830. The smallest absolute Gasteiger partial charge is 0.307 e. The average molecular weight is 298 g/mol. The summed E-state index contributed by atoms with van der Waals surface area (Å²) in [5.74, 6) is -0.797. The molecule has 0 bridgehead atoms. The Bertz CT molecular complexity index is 241. The van der Waals surface area contributed by atoms with E-state index in [1.165, 1.54) is 0 Å². The predicted octanol–water partition coefficient (Wildman–Crippen LogP) is 2.97. The predicted molar refractivity (Wildman–Crippen MR) is 54.3 cm³/mol. The molecule has 0 aromatic carbocycles. The van der Waals surface area contributed by atoms with E-state index in [0.29, 0.717) is 0 Å². The molecule has 1 saturated carbocycles. The molecule has 0 aromatic rings. The van der Waals surface area contributed by atoms with Gasteiger partial charge in [0, 0.05) is 0 Å². The third-order valence-electron chi connectivity index (χ3n) is 2.48. The van der Waals surface area contributed by atoms with Gasteiger partial charge in [0.25, 0.3) is 0 Å². The van der Waals surface area contributed by atoms with Crippen LogP contribution >= 0.6 is 31.9 Å². The largest absolute Gasteiger partial charge is 0.481 e. The van der Waals surface area contributed by atoms with E-state index >= 15 is 0 Å². The molecule has 2 atom stereocenters. The zero-order valence-electron chi connectivity index (χ0n) is 6.84. The first-order valence-electron chi connectivity index (χ1n) is 3.63. The maximum absolute atomic E-state index is 10.7. The van der Waals surface area contributed by atoms with E-state index in [2.05, 4.69) is 31.9 Å². The van der Waals surface area contributed by atoms with Crippen LogP contribution < -0.4 is 0 Å². The summed E-state index contributed by atoms with van der Waals surface area (Å²) in [6.45, 7) is 3.94. The topological polar surface area (TPSA) is 37.3 Å². The highest BCUT2D eigenvalue weighted by Crippen LogP contribution is 2.59. The van der Waals surface area contributed by atoms with Crippen molar-refractivity contribution in [3.8, 4) is 0 Å². The monoisotopic (exact) mass is 296 g/mol. The van der Waals surface area contributed by atoms with E-state index in [1.807, 2.05) is 19.9 Å². The summed E-state index contributed by atoms with van der Waals surface area (Å²) in [7, 11) is 0. The molecule has 1 N–H and O–H groups in total. The first-order chi connectivity index (χ1) is 5.37. The minimum atomic E-state index is -0.706. The SMILES string of the molecule is CC1(C)[C@H](C=C(Br)Br)[C@@H]1C(=O)O. The highest BCUT2D eigenvalue weighted by Gasteiger charge is 2.60. The van der Waals surface area contributed by atoms with Crippen LogP contribution in [0.2, 0.25) is 0 Å². The number of carboxylic acids is 1. The number of hydrogen-bond acceptors (Lipinski definition) is 1. The molecule has 2 nitrogen and oxygen atoms in total. The Morgan fingerprint density at radius 3 is 2.25 bits per heavy atom. The van der Waals surface area contributed by atoms with Gasteiger partial charge < -0.3 is 5.11 Å². The van der Waals surface area contributed by atoms with Gasteiger partial charge in [0.15, 0.2) is 0 Å². The lowest BCUT2D eigenvalue weighted by Crippen LogP contribution is -2.02. The number of carboxylic acid groups (broad SMARTS) is 1. The van der Waals surface area contributed by atoms with Gasteiger partial charge in [-0.05, 0) is 43.2 Å². The van der Waals surface area contributed by atoms with Crippen molar-refractivity contribution in [2.24, 2.45) is 17.3 Å². The summed E-state index contributed by atoms with van der Waals surface area (Å²) in [5, 5.41) is 8.81. The first kappa shape index (κ1) is 10.3. The molecule has 0 radical (unpaired) electrons. The van der Waals surface area contributed by atoms with E-state index in [1.54, 1.807) is 0 Å². The minimum Gasteiger partial charge on any atom is -0.481 e. The average Bonchev–Trinajstić information content (AvgIpc) is 2.32. The van der Waals surface area contributed by atoms with Crippen LogP contribution in [0.25, 0.3) is 0 Å². The quantitative estimate of drug-likeness (QED) is 0.851. The standard InChI is InChI=1S/C8H10Br2O2/c1-8(2)4(3-5(9)10)6(8)7(11)12/h3-4,6H,1-2H3,(H,11,12)/t4-,6-/m1/s1. The molecule has 0 spiro atoms. The third kappa shape index (κ3) is 1.74. The molecule has 1 fully saturated rings. The van der Waals surface area contributed by atoms with Gasteiger partial charge in [0.2, 0.25) is 0 Å². The second-order valence-electron chi connectivity index (χ2n) is 3.62. The van der Waals surface area contributed by atoms with Crippen molar-refractivity contribution < 1.29 is 9.90 Å². The summed E-state index contributed by atoms with van der Waals surface area (Å²) in [6.07, 6.45) is 1.90. The molecule has 0 saturated heterocycles. The molecule has 12 heavy (non-hydrogen) atoms. The fourth-order valence-corrected chi connectivity index (χ4v) is 2.17. The number of allylic oxidation sites excluding steroid dienone is 1. The van der Waals surface area contributed by atoms with Crippen LogP contribution in [0.15, 0.2) is 9.47 Å². The van der Waals surface area contributed by atoms with Crippen molar-refractivity contribution in [2.75, 3.05) is 0 Å². The van der Waals surface area contributed by atoms with Crippen molar-refractivity contribution in [1.82, 2.24) is 0 Å². The van der Waals surface area contributed by atoms with Crippen LogP contribution in [0, 0.1) is 17.3 Å². The van der Waals surface area contributed by atoms with Gasteiger partial charge in [-0.3, -0.25) is 4.79 Å². The van der Waals surface area contributed by atoms with Gasteiger partial charge in [-0.25, -0.2) is 0 Å². The molecular weight excluding hydrogens is 288 g/mol. The van der Waals surface area contributed by atoms with E-state index in [0.717, 1.165) is 3.39 Å². The Kier molecular flexibility index (Phi) is 2.69. The minimum absolute atomic E-state index is 0.0986. The molecule has 0 aliphatic heterocycles. The van der Waals surface area contributed by atoms with Crippen molar-refractivity contribution >= 4 is 37.8 Å². The van der Waals surface area contributed by atoms with E-state index in [9.17, 15) is 4.79 Å². The summed E-state index contributed by atoms with van der Waals surface area (Å²) >= 11 is 6.46. The molecule has 0 aromatic heterocycles. The Hall–Kier alpha value is 0.170. The first-order valence-corrected chi connectivity index (χ1v) is 5.21. The highest BCUT2D eigenvalue weighted by atomic mass is 79.9. The second-order valence-corrected chi connectivity index (χ2v) is 6.39. The Labute approximate surface area is 88.3 Å². The Morgan fingerprint density at radius 2 is 2.00 bits per heavy atom. The van der Waals surface area contributed by atoms with Gasteiger partial charge in [0.05, 0.1) is 9.31 Å². The summed E-state index contributed by atoms with van der Waals surface area (Å²) in [5.41, 5.74) is -0.0986. The van der Waals surface area contributed by atoms with Crippen LogP contribution in [0.5, 0.6) is 0 Å². The fraction of sp³-hybridized carbons (Fsp3) is 0.625. The molecule has 68 valence electrons. The lowest BCUT2D eigenvalue weighted by atomic mass is 10.1. The van der Waals surface area contributed by atoms with E-state index in [-0.39, 0.29) is 17.3 Å². The zero-order valence-corrected chi connectivity index (χ0v) is 10.0. The van der Waals surface area contributed by atoms with Crippen LogP contribution in [-0.2, 0) is 4.79 Å². The van der Waals surface area contributed by atoms with Crippen LogP contribution in [0.1, 0.15) is 13.8 Å². The third-order valence-corrected chi connectivity index (χ3v) is 3.01. The van der Waals surface area contributed by atoms with E-state index < -0.39 is 5.97 Å². The van der Waals surface area contributed by atoms with Gasteiger partial charge in [-0.15, -0.1) is 0 Å². The zero-order chi connectivity index (χ0) is 9.52. The maximum atomic E-state index is 10.7. The van der Waals surface area contributed by atoms with Crippen molar-refractivity contribution in [1.29, 1.82) is 0 Å². The van der Waals surface area contributed by atoms with Gasteiger partial charge in [-0.1, -0.05) is 19.9 Å². The lowest BCUT2D eigenvalue weighted by molar-refractivity contribution is -0.139. The maximum Gasteiger partial charge on any atom is 0.307 e. The molecule has 1 aliphatic carbocycles. The van der Waals surface area contributed by atoms with Crippen molar-refractivity contribution in [2.45, 2.75) is 13.8 Å². The summed E-state index contributed by atoms with van der Waals surface area (Å²) in [4.78, 5) is 10.7. The number of halogens is 2. The van der Waals surface area contributed by atoms with Crippen molar-refractivity contribution in [3.05, 3.63) is 9.47 Å². The number of rotatable bonds is 2. The van der Waals surface area contributed by atoms with Crippen LogP contribution in [-0.4, -0.2) is 11.1 Å². The second kappa shape index (κ2) is 3.14. The highest BCUT2D eigenvalue weighted by molar-refractivity contribution is 9.28. The van der Waals surface area contributed by atoms with Gasteiger partial charge in [0.1, 0.15) is 0 Å². The molecule has 1 aliphatic rings. The van der Waals surface area contributed by atoms with Crippen LogP contribution in [0.3, 0.4) is 0 Å². The van der Waals surface area contributed by atoms with Crippen molar-refractivity contribution in [3.63, 3.8) is 0 Å². The van der Waals surface area contributed by atoms with Gasteiger partial charge in [-0.2, -0.15) is 0 Å². The molecule has 0 heterocycles. The molecule has 0 amide bonds. The normalized spacial score (nSPS) is 31.0. The Morgan fingerprint density at radius 1 is 1.50 bits per heavy atom. The fourth-order valence-electron chi connectivity index (χ4n) is 1.60. The molecule has 4 heteroatoms. The number of hydrogen-bond donors (Lipinski definition) is 1. The molecule has 1 rings (SSSR count). The van der Waals surface area contributed by atoms with Gasteiger partial charge >= 0.3 is 5.97 Å². The van der Waals surface area contributed by atoms with Crippen LogP contribution in [0.4, 0.5) is 0 Å². The molecule has 0 unspecified atom stereocenters. The van der Waals surface area contributed by atoms with E-state index in [4.69, 9.17) is 5.11 Å². The molecular formula is C8H10Br2O2. The summed E-state index contributed by atoms with van der Waals surface area (Å²) in [6, 6.07) is 0.